The van der Waals surface area contributed by atoms with Gasteiger partial charge in [-0.25, -0.2) is 0 Å². The summed E-state index contributed by atoms with van der Waals surface area (Å²) in [5.74, 6) is 0.209. The molecule has 0 radical (unpaired) electrons. The highest BCUT2D eigenvalue weighted by atomic mass is 16.3. The lowest BCUT2D eigenvalue weighted by Gasteiger charge is -2.35. The molecule has 1 N–H and O–H groups in total. The second kappa shape index (κ2) is 5.57. The van der Waals surface area contributed by atoms with E-state index in [1.165, 1.54) is 11.4 Å². The third kappa shape index (κ3) is 2.43. The quantitative estimate of drug-likeness (QED) is 0.829. The van der Waals surface area contributed by atoms with Crippen LogP contribution in [0.1, 0.15) is 43.6 Å². The van der Waals surface area contributed by atoms with Crippen LogP contribution >= 0.6 is 0 Å². The summed E-state index contributed by atoms with van der Waals surface area (Å²) in [6.45, 7) is 6.06. The van der Waals surface area contributed by atoms with Gasteiger partial charge in [0, 0.05) is 37.5 Å². The van der Waals surface area contributed by atoms with E-state index < -0.39 is 0 Å². The number of carbonyl (C=O) groups excluding carboxylic acids is 1. The molecule has 2 heterocycles. The maximum atomic E-state index is 12.1. The Morgan fingerprint density at radius 1 is 1.39 bits per heavy atom. The van der Waals surface area contributed by atoms with Crippen LogP contribution in [0.5, 0.6) is 0 Å². The van der Waals surface area contributed by atoms with E-state index in [4.69, 9.17) is 5.11 Å². The van der Waals surface area contributed by atoms with Crippen LogP contribution in [0.2, 0.25) is 0 Å². The van der Waals surface area contributed by atoms with Gasteiger partial charge in [0.15, 0.2) is 0 Å². The Labute approximate surface area is 108 Å². The standard InChI is InChI=1S/C14H22N2O2/c1-11-6-7-13-12(2)16(9-8-15(11)13)14(18)5-3-4-10-17/h6-7,12,17H,3-5,8-10H2,1-2H3. The van der Waals surface area contributed by atoms with Gasteiger partial charge in [-0.3, -0.25) is 4.79 Å². The van der Waals surface area contributed by atoms with Crippen molar-refractivity contribution in [1.82, 2.24) is 9.47 Å². The summed E-state index contributed by atoms with van der Waals surface area (Å²) in [6, 6.07) is 4.40. The number of unbranched alkanes of at least 4 members (excludes halogenated alkanes) is 1. The normalized spacial score (nSPS) is 18.8. The number of amides is 1. The zero-order valence-electron chi connectivity index (χ0n) is 11.2. The number of hydrogen-bond acceptors (Lipinski definition) is 2. The van der Waals surface area contributed by atoms with Crippen LogP contribution in [-0.4, -0.2) is 33.6 Å². The van der Waals surface area contributed by atoms with Crippen LogP contribution in [0.4, 0.5) is 0 Å². The van der Waals surface area contributed by atoms with Gasteiger partial charge >= 0.3 is 0 Å². The molecule has 4 nitrogen and oxygen atoms in total. The van der Waals surface area contributed by atoms with E-state index in [9.17, 15) is 4.79 Å². The van der Waals surface area contributed by atoms with E-state index in [0.717, 1.165) is 19.5 Å². The predicted octanol–water partition coefficient (Wildman–Crippen LogP) is 1.86. The maximum absolute atomic E-state index is 12.1. The van der Waals surface area contributed by atoms with Crippen molar-refractivity contribution in [1.29, 1.82) is 0 Å². The van der Waals surface area contributed by atoms with E-state index in [0.29, 0.717) is 12.8 Å². The van der Waals surface area contributed by atoms with Gasteiger partial charge in [0.1, 0.15) is 0 Å². The van der Waals surface area contributed by atoms with Crippen molar-refractivity contribution in [3.8, 4) is 0 Å². The van der Waals surface area contributed by atoms with Gasteiger partial charge in [0.05, 0.1) is 6.04 Å². The first-order valence-electron chi connectivity index (χ1n) is 6.71. The number of fused-ring (bicyclic) bond motifs is 1. The van der Waals surface area contributed by atoms with Crippen molar-refractivity contribution in [2.45, 2.75) is 45.7 Å². The molecule has 1 aromatic rings. The molecule has 0 spiro atoms. The summed E-state index contributed by atoms with van der Waals surface area (Å²) in [7, 11) is 0. The van der Waals surface area contributed by atoms with Gasteiger partial charge in [0.2, 0.25) is 5.91 Å². The Kier molecular flexibility index (Phi) is 4.07. The van der Waals surface area contributed by atoms with Gasteiger partial charge in [0.25, 0.3) is 0 Å². The molecule has 0 fully saturated rings. The summed E-state index contributed by atoms with van der Waals surface area (Å²) in [6.07, 6.45) is 2.03. The molecule has 1 aromatic heterocycles. The lowest BCUT2D eigenvalue weighted by molar-refractivity contribution is -0.134. The number of aliphatic hydroxyl groups excluding tert-OH is 1. The number of hydrogen-bond donors (Lipinski definition) is 1. The molecule has 0 saturated carbocycles. The van der Waals surface area contributed by atoms with Crippen LogP contribution in [0.25, 0.3) is 0 Å². The molecule has 0 aliphatic carbocycles. The number of aromatic nitrogens is 1. The highest BCUT2D eigenvalue weighted by Gasteiger charge is 2.27. The van der Waals surface area contributed by atoms with E-state index in [1.807, 2.05) is 4.90 Å². The molecule has 4 heteroatoms. The Bertz CT molecular complexity index is 425. The predicted molar refractivity (Wildman–Crippen MR) is 70.2 cm³/mol. The van der Waals surface area contributed by atoms with Gasteiger partial charge in [-0.1, -0.05) is 0 Å². The molecule has 1 atom stereocenters. The van der Waals surface area contributed by atoms with E-state index in [-0.39, 0.29) is 18.6 Å². The number of nitrogens with zero attached hydrogens (tertiary/aromatic N) is 2. The summed E-state index contributed by atoms with van der Waals surface area (Å²) < 4.78 is 2.29. The Balaban J connectivity index is 2.02. The average Bonchev–Trinajstić information content (AvgIpc) is 2.73. The van der Waals surface area contributed by atoms with Crippen LogP contribution in [0.15, 0.2) is 12.1 Å². The molecule has 0 aromatic carbocycles. The van der Waals surface area contributed by atoms with Crippen molar-refractivity contribution in [3.05, 3.63) is 23.5 Å². The monoisotopic (exact) mass is 250 g/mol. The van der Waals surface area contributed by atoms with Gasteiger partial charge < -0.3 is 14.6 Å². The van der Waals surface area contributed by atoms with Crippen LogP contribution in [0.3, 0.4) is 0 Å². The van der Waals surface area contributed by atoms with Crippen molar-refractivity contribution >= 4 is 5.91 Å². The molecule has 1 aliphatic heterocycles. The fourth-order valence-corrected chi connectivity index (χ4v) is 2.69. The second-order valence-corrected chi connectivity index (χ2v) is 5.00. The Morgan fingerprint density at radius 3 is 2.89 bits per heavy atom. The van der Waals surface area contributed by atoms with Crippen molar-refractivity contribution in [3.63, 3.8) is 0 Å². The highest BCUT2D eigenvalue weighted by Crippen LogP contribution is 2.27. The largest absolute Gasteiger partial charge is 0.396 e. The molecule has 0 bridgehead atoms. The van der Waals surface area contributed by atoms with Gasteiger partial charge in [-0.2, -0.15) is 0 Å². The van der Waals surface area contributed by atoms with Crippen LogP contribution < -0.4 is 0 Å². The third-order valence-electron chi connectivity index (χ3n) is 3.81. The minimum atomic E-state index is 0.161. The molecular weight excluding hydrogens is 228 g/mol. The second-order valence-electron chi connectivity index (χ2n) is 5.00. The van der Waals surface area contributed by atoms with Crippen molar-refractivity contribution in [2.24, 2.45) is 0 Å². The number of rotatable bonds is 4. The van der Waals surface area contributed by atoms with Crippen LogP contribution in [-0.2, 0) is 11.3 Å². The van der Waals surface area contributed by atoms with Gasteiger partial charge in [-0.15, -0.1) is 0 Å². The molecule has 2 rings (SSSR count). The summed E-state index contributed by atoms with van der Waals surface area (Å²) in [4.78, 5) is 14.1. The minimum absolute atomic E-state index is 0.161. The molecule has 18 heavy (non-hydrogen) atoms. The minimum Gasteiger partial charge on any atom is -0.396 e. The lowest BCUT2D eigenvalue weighted by atomic mass is 10.1. The molecule has 1 aliphatic rings. The SMILES string of the molecule is Cc1ccc2n1CCN(C(=O)CCCCO)C2C. The molecule has 100 valence electrons. The van der Waals surface area contributed by atoms with E-state index >= 15 is 0 Å². The molecule has 1 unspecified atom stereocenters. The van der Waals surface area contributed by atoms with Crippen LogP contribution in [0, 0.1) is 6.92 Å². The highest BCUT2D eigenvalue weighted by molar-refractivity contribution is 5.76. The van der Waals surface area contributed by atoms with Crippen molar-refractivity contribution in [2.75, 3.05) is 13.2 Å². The summed E-state index contributed by atoms with van der Waals surface area (Å²) in [5, 5.41) is 8.75. The fraction of sp³-hybridized carbons (Fsp3) is 0.643. The van der Waals surface area contributed by atoms with Gasteiger partial charge in [-0.05, 0) is 38.8 Å². The number of aliphatic hydroxyl groups is 1. The molecule has 1 amide bonds. The topological polar surface area (TPSA) is 45.5 Å². The Hall–Kier alpha value is -1.29. The number of carbonyl (C=O) groups is 1. The zero-order chi connectivity index (χ0) is 13.1. The first kappa shape index (κ1) is 13.1. The molecule has 0 saturated heterocycles. The maximum Gasteiger partial charge on any atom is 0.223 e. The van der Waals surface area contributed by atoms with E-state index in [2.05, 4.69) is 30.5 Å². The summed E-state index contributed by atoms with van der Waals surface area (Å²) in [5.41, 5.74) is 2.50. The first-order valence-corrected chi connectivity index (χ1v) is 6.71. The Morgan fingerprint density at radius 2 is 2.17 bits per heavy atom. The third-order valence-corrected chi connectivity index (χ3v) is 3.81. The smallest absolute Gasteiger partial charge is 0.223 e. The number of aryl methyl sites for hydroxylation is 1. The molecular formula is C14H22N2O2. The summed E-state index contributed by atoms with van der Waals surface area (Å²) >= 11 is 0. The van der Waals surface area contributed by atoms with Crippen molar-refractivity contribution < 1.29 is 9.90 Å². The lowest BCUT2D eigenvalue weighted by Crippen LogP contribution is -2.40. The zero-order valence-corrected chi connectivity index (χ0v) is 11.2. The fourth-order valence-electron chi connectivity index (χ4n) is 2.69. The first-order chi connectivity index (χ1) is 8.65. The van der Waals surface area contributed by atoms with E-state index in [1.54, 1.807) is 0 Å². The average molecular weight is 250 g/mol.